The van der Waals surface area contributed by atoms with E-state index < -0.39 is 5.92 Å². The van der Waals surface area contributed by atoms with Crippen molar-refractivity contribution in [3.8, 4) is 11.6 Å². The standard InChI is InChI=1S/C29H28N8O3/c1-16-8-10-21(11-9-16)35-15-20(13-25(35)38)27(39)31-24-12-18(3)34-37(24)29-32-26-22(28(40)33-29)14-30-36(26)23-7-5-6-17(2)19(23)4/h5-12,14,20H,13,15H2,1-4H3,(H,31,39)(H,32,33,40). The van der Waals surface area contributed by atoms with E-state index in [2.05, 4.69) is 20.5 Å². The van der Waals surface area contributed by atoms with Crippen LogP contribution in [-0.4, -0.2) is 47.9 Å². The van der Waals surface area contributed by atoms with Gasteiger partial charge in [-0.1, -0.05) is 29.8 Å². The van der Waals surface area contributed by atoms with E-state index in [-0.39, 0.29) is 36.3 Å². The largest absolute Gasteiger partial charge is 0.312 e. The van der Waals surface area contributed by atoms with Gasteiger partial charge in [-0.25, -0.2) is 4.68 Å². The molecule has 1 unspecified atom stereocenters. The highest BCUT2D eigenvalue weighted by molar-refractivity contribution is 6.03. The average molecular weight is 537 g/mol. The van der Waals surface area contributed by atoms with Crippen LogP contribution in [0.4, 0.5) is 11.5 Å². The summed E-state index contributed by atoms with van der Waals surface area (Å²) in [4.78, 5) is 48.1. The number of hydrogen-bond acceptors (Lipinski definition) is 6. The third kappa shape index (κ3) is 4.35. The molecule has 1 aliphatic heterocycles. The van der Waals surface area contributed by atoms with Gasteiger partial charge in [0, 0.05) is 24.7 Å². The molecule has 4 heterocycles. The highest BCUT2D eigenvalue weighted by Crippen LogP contribution is 2.27. The molecule has 2 aromatic carbocycles. The number of hydrogen-bond donors (Lipinski definition) is 2. The molecule has 2 N–H and O–H groups in total. The van der Waals surface area contributed by atoms with Crippen molar-refractivity contribution in [3.63, 3.8) is 0 Å². The summed E-state index contributed by atoms with van der Waals surface area (Å²) in [5, 5.41) is 12.1. The summed E-state index contributed by atoms with van der Waals surface area (Å²) in [7, 11) is 0. The van der Waals surface area contributed by atoms with Crippen LogP contribution in [0.2, 0.25) is 0 Å². The zero-order valence-corrected chi connectivity index (χ0v) is 22.6. The van der Waals surface area contributed by atoms with Gasteiger partial charge in [-0.3, -0.25) is 19.4 Å². The Hall–Kier alpha value is -5.06. The van der Waals surface area contributed by atoms with Crippen LogP contribution in [0.15, 0.2) is 59.5 Å². The lowest BCUT2D eigenvalue weighted by Crippen LogP contribution is -2.28. The van der Waals surface area contributed by atoms with Gasteiger partial charge in [0.15, 0.2) is 5.65 Å². The van der Waals surface area contributed by atoms with Crippen LogP contribution >= 0.6 is 0 Å². The second kappa shape index (κ2) is 9.60. The third-order valence-electron chi connectivity index (χ3n) is 7.35. The van der Waals surface area contributed by atoms with Crippen molar-refractivity contribution in [2.75, 3.05) is 16.8 Å². The lowest BCUT2D eigenvalue weighted by molar-refractivity contribution is -0.122. The number of aryl methyl sites for hydroxylation is 3. The molecule has 1 atom stereocenters. The zero-order valence-electron chi connectivity index (χ0n) is 22.6. The summed E-state index contributed by atoms with van der Waals surface area (Å²) in [6.07, 6.45) is 1.59. The summed E-state index contributed by atoms with van der Waals surface area (Å²) in [5.74, 6) is -0.490. The molecular weight excluding hydrogens is 508 g/mol. The van der Waals surface area contributed by atoms with Crippen molar-refractivity contribution in [3.05, 3.63) is 87.5 Å². The van der Waals surface area contributed by atoms with E-state index in [4.69, 9.17) is 4.98 Å². The second-order valence-corrected chi connectivity index (χ2v) is 10.2. The van der Waals surface area contributed by atoms with Crippen molar-refractivity contribution in [1.82, 2.24) is 29.5 Å². The van der Waals surface area contributed by atoms with Gasteiger partial charge in [-0.05, 0) is 57.0 Å². The molecule has 0 saturated carbocycles. The van der Waals surface area contributed by atoms with Crippen LogP contribution < -0.4 is 15.8 Å². The number of nitrogens with one attached hydrogen (secondary N) is 2. The van der Waals surface area contributed by atoms with E-state index in [0.29, 0.717) is 22.5 Å². The molecule has 0 spiro atoms. The number of fused-ring (bicyclic) bond motifs is 1. The Morgan fingerprint density at radius 2 is 1.80 bits per heavy atom. The predicted molar refractivity (Wildman–Crippen MR) is 151 cm³/mol. The Labute approximate surface area is 229 Å². The lowest BCUT2D eigenvalue weighted by Gasteiger charge is -2.17. The Kier molecular flexibility index (Phi) is 6.05. The number of H-pyrrole nitrogens is 1. The molecule has 5 aromatic rings. The molecule has 1 fully saturated rings. The van der Waals surface area contributed by atoms with Gasteiger partial charge in [-0.2, -0.15) is 19.9 Å². The SMILES string of the molecule is Cc1ccc(N2CC(C(=O)Nc3cc(C)nn3-c3nc4c(cnn4-c4cccc(C)c4C)c(=O)[nH]3)CC2=O)cc1. The van der Waals surface area contributed by atoms with Gasteiger partial charge < -0.3 is 10.2 Å². The van der Waals surface area contributed by atoms with E-state index in [1.165, 1.54) is 10.9 Å². The van der Waals surface area contributed by atoms with Gasteiger partial charge in [0.25, 0.3) is 5.56 Å². The van der Waals surface area contributed by atoms with E-state index in [0.717, 1.165) is 28.1 Å². The van der Waals surface area contributed by atoms with Crippen molar-refractivity contribution in [1.29, 1.82) is 0 Å². The van der Waals surface area contributed by atoms with Gasteiger partial charge >= 0.3 is 0 Å². The minimum atomic E-state index is -0.544. The maximum absolute atomic E-state index is 13.3. The van der Waals surface area contributed by atoms with Gasteiger partial charge in [0.05, 0.1) is 23.5 Å². The normalized spacial score (nSPS) is 15.2. The fourth-order valence-electron chi connectivity index (χ4n) is 4.98. The molecule has 6 rings (SSSR count). The molecule has 11 nitrogen and oxygen atoms in total. The first-order valence-electron chi connectivity index (χ1n) is 13.0. The number of carbonyl (C=O) groups is 2. The van der Waals surface area contributed by atoms with E-state index in [1.807, 2.05) is 63.2 Å². The summed E-state index contributed by atoms with van der Waals surface area (Å²) in [6, 6.07) is 15.2. The fraction of sp³-hybridized carbons (Fsp3) is 0.241. The second-order valence-electron chi connectivity index (χ2n) is 10.2. The number of benzene rings is 2. The lowest BCUT2D eigenvalue weighted by atomic mass is 10.1. The van der Waals surface area contributed by atoms with Crippen molar-refractivity contribution >= 4 is 34.4 Å². The first-order chi connectivity index (χ1) is 19.2. The van der Waals surface area contributed by atoms with Gasteiger partial charge in [0.2, 0.25) is 17.8 Å². The fourth-order valence-corrected chi connectivity index (χ4v) is 4.98. The minimum Gasteiger partial charge on any atom is -0.312 e. The molecule has 1 saturated heterocycles. The van der Waals surface area contributed by atoms with Crippen LogP contribution in [0.3, 0.4) is 0 Å². The highest BCUT2D eigenvalue weighted by Gasteiger charge is 2.35. The molecule has 11 heteroatoms. The first kappa shape index (κ1) is 25.2. The van der Waals surface area contributed by atoms with Crippen molar-refractivity contribution in [2.45, 2.75) is 34.1 Å². The highest BCUT2D eigenvalue weighted by atomic mass is 16.2. The Morgan fingerprint density at radius 3 is 2.58 bits per heavy atom. The van der Waals surface area contributed by atoms with Crippen molar-refractivity contribution < 1.29 is 9.59 Å². The van der Waals surface area contributed by atoms with E-state index in [1.54, 1.807) is 22.6 Å². The average Bonchev–Trinajstić information content (AvgIpc) is 3.63. The number of rotatable bonds is 5. The number of anilines is 2. The number of nitrogens with zero attached hydrogens (tertiary/aromatic N) is 6. The predicted octanol–water partition coefficient (Wildman–Crippen LogP) is 3.52. The summed E-state index contributed by atoms with van der Waals surface area (Å²) in [5.41, 5.74) is 5.39. The topological polar surface area (TPSA) is 131 Å². The van der Waals surface area contributed by atoms with Crippen LogP contribution in [0.1, 0.15) is 28.8 Å². The Balaban J connectivity index is 1.31. The molecule has 202 valence electrons. The number of amides is 2. The monoisotopic (exact) mass is 536 g/mol. The quantitative estimate of drug-likeness (QED) is 0.353. The Bertz CT molecular complexity index is 1850. The number of aromatic nitrogens is 6. The third-order valence-corrected chi connectivity index (χ3v) is 7.35. The smallest absolute Gasteiger partial charge is 0.263 e. The molecular formula is C29H28N8O3. The van der Waals surface area contributed by atoms with Gasteiger partial charge in [0.1, 0.15) is 11.2 Å². The zero-order chi connectivity index (χ0) is 28.1. The van der Waals surface area contributed by atoms with Crippen LogP contribution in [0.5, 0.6) is 0 Å². The summed E-state index contributed by atoms with van der Waals surface area (Å²) >= 11 is 0. The maximum atomic E-state index is 13.3. The van der Waals surface area contributed by atoms with Crippen LogP contribution in [0.25, 0.3) is 22.7 Å². The van der Waals surface area contributed by atoms with Crippen LogP contribution in [-0.2, 0) is 9.59 Å². The molecule has 2 amide bonds. The Morgan fingerprint density at radius 1 is 1.02 bits per heavy atom. The molecule has 0 aliphatic carbocycles. The van der Waals surface area contributed by atoms with Crippen LogP contribution in [0, 0.1) is 33.6 Å². The maximum Gasteiger partial charge on any atom is 0.263 e. The van der Waals surface area contributed by atoms with Gasteiger partial charge in [-0.15, -0.1) is 0 Å². The molecule has 0 radical (unpaired) electrons. The number of carbonyl (C=O) groups excluding carboxylic acids is 2. The number of aromatic amines is 1. The summed E-state index contributed by atoms with van der Waals surface area (Å²) in [6.45, 7) is 8.03. The molecule has 1 aliphatic rings. The molecule has 0 bridgehead atoms. The minimum absolute atomic E-state index is 0.100. The van der Waals surface area contributed by atoms with E-state index >= 15 is 0 Å². The van der Waals surface area contributed by atoms with E-state index in [9.17, 15) is 14.4 Å². The molecule has 3 aromatic heterocycles. The first-order valence-corrected chi connectivity index (χ1v) is 13.0. The van der Waals surface area contributed by atoms with Crippen molar-refractivity contribution in [2.24, 2.45) is 5.92 Å². The summed E-state index contributed by atoms with van der Waals surface area (Å²) < 4.78 is 3.03. The molecule has 40 heavy (non-hydrogen) atoms.